The van der Waals surface area contributed by atoms with E-state index in [0.717, 1.165) is 38.5 Å². The van der Waals surface area contributed by atoms with Gasteiger partial charge in [-0.25, -0.2) is 9.59 Å². The molecule has 5 rings (SSSR count). The largest absolute Gasteiger partial charge is 0.514 e. The second kappa shape index (κ2) is 13.3. The third-order valence-corrected chi connectivity index (χ3v) is 8.62. The summed E-state index contributed by atoms with van der Waals surface area (Å²) in [6, 6.07) is 4.35. The minimum atomic E-state index is -1.18. The van der Waals surface area contributed by atoms with Crippen LogP contribution in [0.25, 0.3) is 0 Å². The van der Waals surface area contributed by atoms with Crippen molar-refractivity contribution in [3.8, 4) is 5.75 Å². The number of carboxylic acids is 1. The number of nitrogens with one attached hydrogen (secondary N) is 3. The molecule has 12 nitrogen and oxygen atoms in total. The summed E-state index contributed by atoms with van der Waals surface area (Å²) in [5, 5.41) is 17.3. The molecule has 0 aliphatic heterocycles. The molecular formula is C33H47N3O9. The fourth-order valence-electron chi connectivity index (χ4n) is 7.49. The Kier molecular flexibility index (Phi) is 10.0. The van der Waals surface area contributed by atoms with Crippen molar-refractivity contribution in [1.82, 2.24) is 16.0 Å². The summed E-state index contributed by atoms with van der Waals surface area (Å²) < 4.78 is 15.9. The molecule has 0 saturated heterocycles. The normalized spacial score (nSPS) is 25.0. The molecule has 0 unspecified atom stereocenters. The first-order valence-corrected chi connectivity index (χ1v) is 15.7. The van der Waals surface area contributed by atoms with E-state index in [-0.39, 0.29) is 12.2 Å². The third kappa shape index (κ3) is 9.58. The van der Waals surface area contributed by atoms with Crippen molar-refractivity contribution in [2.24, 2.45) is 23.2 Å². The maximum Gasteiger partial charge on any atom is 0.514 e. The van der Waals surface area contributed by atoms with Crippen molar-refractivity contribution >= 4 is 30.0 Å². The molecule has 0 heterocycles. The summed E-state index contributed by atoms with van der Waals surface area (Å²) in [4.78, 5) is 63.7. The summed E-state index contributed by atoms with van der Waals surface area (Å²) in [5.74, 6) is -0.637. The first-order chi connectivity index (χ1) is 20.9. The number of hydrogen-bond donors (Lipinski definition) is 4. The van der Waals surface area contributed by atoms with E-state index >= 15 is 0 Å². The quantitative estimate of drug-likeness (QED) is 0.217. The molecule has 0 aromatic heterocycles. The molecule has 45 heavy (non-hydrogen) atoms. The third-order valence-electron chi connectivity index (χ3n) is 8.62. The lowest BCUT2D eigenvalue weighted by Crippen LogP contribution is -2.64. The minimum Gasteiger partial charge on any atom is -0.480 e. The highest BCUT2D eigenvalue weighted by Gasteiger charge is 2.56. The predicted molar refractivity (Wildman–Crippen MR) is 163 cm³/mol. The first-order valence-electron chi connectivity index (χ1n) is 15.7. The highest BCUT2D eigenvalue weighted by molar-refractivity contribution is 5.93. The Morgan fingerprint density at radius 2 is 1.36 bits per heavy atom. The van der Waals surface area contributed by atoms with Gasteiger partial charge >= 0.3 is 18.2 Å². The van der Waals surface area contributed by atoms with Crippen LogP contribution >= 0.6 is 0 Å². The van der Waals surface area contributed by atoms with Crippen LogP contribution < -0.4 is 20.7 Å². The molecule has 3 amide bonds. The molecule has 4 fully saturated rings. The number of amides is 3. The molecule has 4 N–H and O–H groups in total. The molecule has 4 saturated carbocycles. The lowest BCUT2D eigenvalue weighted by molar-refractivity contribution is -0.144. The van der Waals surface area contributed by atoms with E-state index in [2.05, 4.69) is 16.0 Å². The topological polar surface area (TPSA) is 169 Å². The van der Waals surface area contributed by atoms with Crippen molar-refractivity contribution in [2.75, 3.05) is 6.54 Å². The van der Waals surface area contributed by atoms with Gasteiger partial charge in [0, 0.05) is 11.8 Å². The molecule has 1 aromatic rings. The molecule has 1 aromatic carbocycles. The van der Waals surface area contributed by atoms with Crippen LogP contribution in [0.1, 0.15) is 85.6 Å². The molecule has 12 heteroatoms. The molecule has 0 spiro atoms. The van der Waals surface area contributed by atoms with Gasteiger partial charge in [0.25, 0.3) is 0 Å². The number of rotatable bonds is 10. The average Bonchev–Trinajstić information content (AvgIpc) is 2.88. The van der Waals surface area contributed by atoms with Gasteiger partial charge in [-0.1, -0.05) is 12.1 Å². The molecular weight excluding hydrogens is 582 g/mol. The van der Waals surface area contributed by atoms with Gasteiger partial charge in [-0.3, -0.25) is 14.4 Å². The molecule has 0 radical (unpaired) electrons. The maximum atomic E-state index is 14.0. The highest BCUT2D eigenvalue weighted by Crippen LogP contribution is 2.61. The zero-order valence-electron chi connectivity index (χ0n) is 27.1. The molecule has 4 aliphatic rings. The number of benzene rings is 1. The smallest absolute Gasteiger partial charge is 0.480 e. The molecule has 4 bridgehead atoms. The van der Waals surface area contributed by atoms with Gasteiger partial charge < -0.3 is 35.3 Å². The van der Waals surface area contributed by atoms with Gasteiger partial charge in [-0.15, -0.1) is 0 Å². The number of alkyl carbamates (subject to hydrolysis) is 1. The Hall–Kier alpha value is -3.83. The zero-order valence-corrected chi connectivity index (χ0v) is 27.1. The van der Waals surface area contributed by atoms with Crippen LogP contribution in [0.3, 0.4) is 0 Å². The summed E-state index contributed by atoms with van der Waals surface area (Å²) in [7, 11) is 0. The summed E-state index contributed by atoms with van der Waals surface area (Å²) in [6.45, 7) is 9.74. The van der Waals surface area contributed by atoms with Crippen molar-refractivity contribution < 1.29 is 43.3 Å². The van der Waals surface area contributed by atoms with Crippen LogP contribution in [0.15, 0.2) is 24.3 Å². The molecule has 2 atom stereocenters. The Morgan fingerprint density at radius 1 is 0.822 bits per heavy atom. The lowest BCUT2D eigenvalue weighted by Gasteiger charge is -2.59. The predicted octanol–water partition coefficient (Wildman–Crippen LogP) is 4.34. The van der Waals surface area contributed by atoms with E-state index in [9.17, 15) is 29.1 Å². The second-order valence-electron chi connectivity index (χ2n) is 14.9. The van der Waals surface area contributed by atoms with Crippen LogP contribution in [-0.4, -0.2) is 65.0 Å². The second-order valence-corrected chi connectivity index (χ2v) is 14.9. The van der Waals surface area contributed by atoms with Crippen molar-refractivity contribution in [2.45, 2.75) is 110 Å². The first kappa shape index (κ1) is 34.1. The average molecular weight is 630 g/mol. The Balaban J connectivity index is 1.55. The van der Waals surface area contributed by atoms with E-state index < -0.39 is 65.3 Å². The molecule has 4 aliphatic carbocycles. The Labute approximate surface area is 264 Å². The number of carbonyl (C=O) groups is 5. The van der Waals surface area contributed by atoms with Gasteiger partial charge in [-0.2, -0.15) is 0 Å². The van der Waals surface area contributed by atoms with E-state index in [1.54, 1.807) is 65.8 Å². The van der Waals surface area contributed by atoms with Crippen molar-refractivity contribution in [1.29, 1.82) is 0 Å². The van der Waals surface area contributed by atoms with Gasteiger partial charge in [0.2, 0.25) is 11.8 Å². The molecule has 248 valence electrons. The monoisotopic (exact) mass is 629 g/mol. The van der Waals surface area contributed by atoms with E-state index in [1.807, 2.05) is 0 Å². The summed E-state index contributed by atoms with van der Waals surface area (Å²) >= 11 is 0. The lowest BCUT2D eigenvalue weighted by atomic mass is 9.47. The van der Waals surface area contributed by atoms with Gasteiger partial charge in [0.1, 0.15) is 35.6 Å². The van der Waals surface area contributed by atoms with Gasteiger partial charge in [-0.05, 0) is 116 Å². The SMILES string of the molecule is CC(C)(C)OC(=O)N[C@@H](Cc1ccc(OC(=O)OC(C)(C)C)cc1)C(=O)N[C@H](C(=O)NCC(=O)O)C12CC3CC(CC(C3)C1)C2. The summed E-state index contributed by atoms with van der Waals surface area (Å²) in [5.41, 5.74) is -1.37. The van der Waals surface area contributed by atoms with Crippen LogP contribution in [0.4, 0.5) is 9.59 Å². The van der Waals surface area contributed by atoms with Crippen LogP contribution in [0.2, 0.25) is 0 Å². The van der Waals surface area contributed by atoms with Gasteiger partial charge in [0.15, 0.2) is 0 Å². The van der Waals surface area contributed by atoms with E-state index in [0.29, 0.717) is 23.3 Å². The van der Waals surface area contributed by atoms with E-state index in [4.69, 9.17) is 14.2 Å². The fraction of sp³-hybridized carbons (Fsp3) is 0.667. The number of ether oxygens (including phenoxy) is 3. The maximum absolute atomic E-state index is 14.0. The highest BCUT2D eigenvalue weighted by atomic mass is 16.7. The van der Waals surface area contributed by atoms with Crippen LogP contribution in [-0.2, 0) is 30.3 Å². The Bertz CT molecular complexity index is 1240. The van der Waals surface area contributed by atoms with E-state index in [1.165, 1.54) is 0 Å². The fourth-order valence-corrected chi connectivity index (χ4v) is 7.49. The number of hydrogen-bond acceptors (Lipinski definition) is 8. The van der Waals surface area contributed by atoms with Crippen LogP contribution in [0.5, 0.6) is 5.75 Å². The summed E-state index contributed by atoms with van der Waals surface area (Å²) in [6.07, 6.45) is 4.11. The Morgan fingerprint density at radius 3 is 1.84 bits per heavy atom. The zero-order chi connectivity index (χ0) is 33.2. The number of carbonyl (C=O) groups excluding carboxylic acids is 4. The van der Waals surface area contributed by atoms with Gasteiger partial charge in [0.05, 0.1) is 0 Å². The van der Waals surface area contributed by atoms with Crippen molar-refractivity contribution in [3.63, 3.8) is 0 Å². The van der Waals surface area contributed by atoms with Crippen molar-refractivity contribution in [3.05, 3.63) is 29.8 Å². The minimum absolute atomic E-state index is 0.0438. The standard InChI is InChI=1S/C33H47N3O9/c1-31(2,3)44-29(41)35-24(14-19-7-9-23(10-8-19)43-30(42)45-32(4,5)6)27(39)36-26(28(40)34-18-25(37)38)33-15-20-11-21(16-33)13-22(12-20)17-33/h7-10,20-22,24,26H,11-18H2,1-6H3,(H,34,40)(H,35,41)(H,36,39)(H,37,38)/t20?,21?,22?,24-,26+,33?/m0/s1. The van der Waals surface area contributed by atoms with Crippen LogP contribution in [0, 0.1) is 23.2 Å². The number of aliphatic carboxylic acids is 1. The number of carboxylic acid groups (broad SMARTS) is 1.